The van der Waals surface area contributed by atoms with Crippen LogP contribution in [0.15, 0.2) is 97.1 Å². The highest BCUT2D eigenvalue weighted by Crippen LogP contribution is 2.18. The highest BCUT2D eigenvalue weighted by Gasteiger charge is 2.27. The number of hydrogen-bond donors (Lipinski definition) is 5. The van der Waals surface area contributed by atoms with Crippen LogP contribution in [0, 0.1) is 5.82 Å². The van der Waals surface area contributed by atoms with E-state index in [1.165, 1.54) is 29.7 Å². The third-order valence-corrected chi connectivity index (χ3v) is 7.24. The molecule has 0 aliphatic carbocycles. The first-order valence-electron chi connectivity index (χ1n) is 14.4. The van der Waals surface area contributed by atoms with Gasteiger partial charge in [-0.3, -0.25) is 24.4 Å². The lowest BCUT2D eigenvalue weighted by molar-refractivity contribution is -0.133. The predicted octanol–water partition coefficient (Wildman–Crippen LogP) is 3.73. The van der Waals surface area contributed by atoms with Gasteiger partial charge in [0.25, 0.3) is 0 Å². The standard InChI is InChI=1S/C34H35FN4O5/c35-27-16-13-24(14-17-27)21-30(33(42)36-22-26-11-6-10-25-9-4-5-12-28(25)26)38-34(43)29(18-20-32(41)39-44)37-31(40)19-15-23-7-2-1-3-8-23/h1-14,16-17,29-30,44H,15,18-22H2,(H,36,42)(H,37,40)(H,38,43)(H,39,41)/t29-,30-/m0/s1. The summed E-state index contributed by atoms with van der Waals surface area (Å²) in [6, 6.07) is 26.3. The first-order valence-corrected chi connectivity index (χ1v) is 14.4. The zero-order chi connectivity index (χ0) is 31.3. The van der Waals surface area contributed by atoms with Crippen LogP contribution in [-0.4, -0.2) is 40.9 Å². The van der Waals surface area contributed by atoms with Crippen LogP contribution in [0.4, 0.5) is 4.39 Å². The molecular weight excluding hydrogens is 563 g/mol. The number of amides is 4. The second-order valence-electron chi connectivity index (χ2n) is 10.4. The summed E-state index contributed by atoms with van der Waals surface area (Å²) in [7, 11) is 0. The molecule has 4 rings (SSSR count). The molecule has 0 bridgehead atoms. The zero-order valence-electron chi connectivity index (χ0n) is 24.1. The maximum atomic E-state index is 13.6. The number of benzene rings is 4. The lowest BCUT2D eigenvalue weighted by Gasteiger charge is -2.23. The fourth-order valence-electron chi connectivity index (χ4n) is 4.86. The quantitative estimate of drug-likeness (QED) is 0.111. The maximum Gasteiger partial charge on any atom is 0.243 e. The Morgan fingerprint density at radius 1 is 0.682 bits per heavy atom. The minimum absolute atomic E-state index is 0.0548. The van der Waals surface area contributed by atoms with Gasteiger partial charge in [-0.05, 0) is 52.4 Å². The summed E-state index contributed by atoms with van der Waals surface area (Å²) in [5.74, 6) is -2.71. The van der Waals surface area contributed by atoms with E-state index in [9.17, 15) is 23.6 Å². The van der Waals surface area contributed by atoms with Gasteiger partial charge in [0.05, 0.1) is 0 Å². The number of nitrogens with one attached hydrogen (secondary N) is 4. The minimum atomic E-state index is -1.16. The number of rotatable bonds is 14. The topological polar surface area (TPSA) is 137 Å². The molecule has 228 valence electrons. The van der Waals surface area contributed by atoms with E-state index in [-0.39, 0.29) is 32.2 Å². The summed E-state index contributed by atoms with van der Waals surface area (Å²) in [6.07, 6.45) is 0.241. The van der Waals surface area contributed by atoms with E-state index in [1.807, 2.05) is 72.8 Å². The van der Waals surface area contributed by atoms with Gasteiger partial charge in [-0.2, -0.15) is 0 Å². The van der Waals surface area contributed by atoms with Gasteiger partial charge in [0.15, 0.2) is 0 Å². The molecule has 0 saturated carbocycles. The summed E-state index contributed by atoms with van der Waals surface area (Å²) in [5, 5.41) is 19.2. The highest BCUT2D eigenvalue weighted by atomic mass is 19.1. The molecule has 4 aromatic carbocycles. The number of hydrogen-bond acceptors (Lipinski definition) is 5. The van der Waals surface area contributed by atoms with Crippen LogP contribution in [0.2, 0.25) is 0 Å². The van der Waals surface area contributed by atoms with Crippen molar-refractivity contribution in [1.82, 2.24) is 21.4 Å². The van der Waals surface area contributed by atoms with Crippen molar-refractivity contribution in [1.29, 1.82) is 0 Å². The van der Waals surface area contributed by atoms with Gasteiger partial charge < -0.3 is 16.0 Å². The van der Waals surface area contributed by atoms with E-state index < -0.39 is 41.5 Å². The molecule has 2 atom stereocenters. The largest absolute Gasteiger partial charge is 0.350 e. The molecule has 0 heterocycles. The number of hydroxylamine groups is 1. The van der Waals surface area contributed by atoms with Gasteiger partial charge >= 0.3 is 0 Å². The Bertz CT molecular complexity index is 1570. The summed E-state index contributed by atoms with van der Waals surface area (Å²) < 4.78 is 13.6. The van der Waals surface area contributed by atoms with Gasteiger partial charge in [0, 0.05) is 25.8 Å². The van der Waals surface area contributed by atoms with Crippen LogP contribution in [0.25, 0.3) is 10.8 Å². The molecule has 0 aliphatic heterocycles. The van der Waals surface area contributed by atoms with E-state index in [0.717, 1.165) is 21.9 Å². The normalized spacial score (nSPS) is 12.1. The fourth-order valence-corrected chi connectivity index (χ4v) is 4.86. The molecule has 0 fully saturated rings. The van der Waals surface area contributed by atoms with Crippen LogP contribution in [0.5, 0.6) is 0 Å². The lowest BCUT2D eigenvalue weighted by atomic mass is 10.0. The van der Waals surface area contributed by atoms with Crippen molar-refractivity contribution in [3.8, 4) is 0 Å². The molecule has 0 saturated heterocycles. The zero-order valence-corrected chi connectivity index (χ0v) is 24.1. The third-order valence-electron chi connectivity index (χ3n) is 7.24. The van der Waals surface area contributed by atoms with Gasteiger partial charge in [0.1, 0.15) is 17.9 Å². The van der Waals surface area contributed by atoms with E-state index in [1.54, 1.807) is 0 Å². The second kappa shape index (κ2) is 15.9. The van der Waals surface area contributed by atoms with Crippen molar-refractivity contribution in [2.24, 2.45) is 0 Å². The maximum absolute atomic E-state index is 13.6. The van der Waals surface area contributed by atoms with Crippen molar-refractivity contribution in [3.05, 3.63) is 120 Å². The monoisotopic (exact) mass is 598 g/mol. The molecule has 9 nitrogen and oxygen atoms in total. The van der Waals surface area contributed by atoms with E-state index in [2.05, 4.69) is 16.0 Å². The minimum Gasteiger partial charge on any atom is -0.350 e. The Morgan fingerprint density at radius 2 is 1.39 bits per heavy atom. The molecule has 44 heavy (non-hydrogen) atoms. The summed E-state index contributed by atoms with van der Waals surface area (Å²) in [4.78, 5) is 51.5. The van der Waals surface area contributed by atoms with Crippen LogP contribution >= 0.6 is 0 Å². The Hall–Kier alpha value is -5.09. The average Bonchev–Trinajstić information content (AvgIpc) is 3.05. The van der Waals surface area contributed by atoms with Crippen LogP contribution in [-0.2, 0) is 38.6 Å². The predicted molar refractivity (Wildman–Crippen MR) is 164 cm³/mol. The first kappa shape index (κ1) is 31.8. The van der Waals surface area contributed by atoms with E-state index in [4.69, 9.17) is 5.21 Å². The fraction of sp³-hybridized carbons (Fsp3) is 0.235. The van der Waals surface area contributed by atoms with Crippen LogP contribution in [0.3, 0.4) is 0 Å². The molecule has 0 spiro atoms. The number of fused-ring (bicyclic) bond motifs is 1. The highest BCUT2D eigenvalue weighted by molar-refractivity contribution is 5.93. The van der Waals surface area contributed by atoms with Gasteiger partial charge in [0.2, 0.25) is 23.6 Å². The Kier molecular flexibility index (Phi) is 11.5. The number of aryl methyl sites for hydroxylation is 1. The molecule has 0 aromatic heterocycles. The Balaban J connectivity index is 1.48. The number of carbonyl (C=O) groups excluding carboxylic acids is 4. The summed E-state index contributed by atoms with van der Waals surface area (Å²) in [5.41, 5.74) is 3.97. The van der Waals surface area contributed by atoms with Crippen LogP contribution in [0.1, 0.15) is 36.0 Å². The molecular formula is C34H35FN4O5. The molecule has 0 unspecified atom stereocenters. The van der Waals surface area contributed by atoms with Crippen LogP contribution < -0.4 is 21.4 Å². The lowest BCUT2D eigenvalue weighted by Crippen LogP contribution is -2.54. The van der Waals surface area contributed by atoms with Crippen molar-refractivity contribution in [2.75, 3.05) is 0 Å². The molecule has 4 aromatic rings. The summed E-state index contributed by atoms with van der Waals surface area (Å²) in [6.45, 7) is 0.201. The molecule has 5 N–H and O–H groups in total. The van der Waals surface area contributed by atoms with Gasteiger partial charge in [-0.15, -0.1) is 0 Å². The van der Waals surface area contributed by atoms with Crippen molar-refractivity contribution in [3.63, 3.8) is 0 Å². The molecule has 4 amide bonds. The van der Waals surface area contributed by atoms with E-state index in [0.29, 0.717) is 12.0 Å². The number of carbonyl (C=O) groups is 4. The van der Waals surface area contributed by atoms with Crippen molar-refractivity contribution >= 4 is 34.4 Å². The molecule has 0 radical (unpaired) electrons. The first-order chi connectivity index (χ1) is 21.3. The van der Waals surface area contributed by atoms with E-state index >= 15 is 0 Å². The number of halogens is 1. The second-order valence-corrected chi connectivity index (χ2v) is 10.4. The molecule has 0 aliphatic rings. The SMILES string of the molecule is O=C(CC[C@H](NC(=O)CCc1ccccc1)C(=O)N[C@@H](Cc1ccc(F)cc1)C(=O)NCc1cccc2ccccc12)NO. The van der Waals surface area contributed by atoms with Gasteiger partial charge in [-0.1, -0.05) is 84.9 Å². The summed E-state index contributed by atoms with van der Waals surface area (Å²) >= 11 is 0. The molecule has 10 heteroatoms. The van der Waals surface area contributed by atoms with Crippen molar-refractivity contribution < 1.29 is 28.8 Å². The Morgan fingerprint density at radius 3 is 2.14 bits per heavy atom. The smallest absolute Gasteiger partial charge is 0.243 e. The van der Waals surface area contributed by atoms with Crippen molar-refractivity contribution in [2.45, 2.75) is 50.7 Å². The average molecular weight is 599 g/mol. The van der Waals surface area contributed by atoms with Gasteiger partial charge in [-0.25, -0.2) is 9.87 Å². The Labute approximate surface area is 254 Å². The third kappa shape index (κ3) is 9.47.